The Morgan fingerprint density at radius 1 is 1.21 bits per heavy atom. The molecule has 0 atom stereocenters. The predicted octanol–water partition coefficient (Wildman–Crippen LogP) is 4.30. The van der Waals surface area contributed by atoms with E-state index in [9.17, 15) is 18.4 Å². The molecule has 2 aromatic rings. The third-order valence-corrected chi connectivity index (χ3v) is 5.01. The molecule has 24 heavy (non-hydrogen) atoms. The van der Waals surface area contributed by atoms with Crippen molar-refractivity contribution in [2.45, 2.75) is 15.5 Å². The van der Waals surface area contributed by atoms with Crippen molar-refractivity contribution in [3.05, 3.63) is 48.0 Å². The molecule has 0 saturated carbocycles. The molecule has 0 bridgehead atoms. The van der Waals surface area contributed by atoms with Crippen molar-refractivity contribution in [1.29, 1.82) is 0 Å². The second kappa shape index (κ2) is 7.23. The molecule has 0 aromatic heterocycles. The van der Waals surface area contributed by atoms with E-state index in [0.29, 0.717) is 39.3 Å². The number of halogens is 2. The molecule has 1 heterocycles. The van der Waals surface area contributed by atoms with Crippen LogP contribution in [0.3, 0.4) is 0 Å². The molecule has 1 aliphatic heterocycles. The second-order valence-corrected chi connectivity index (χ2v) is 6.99. The number of hydrogen-bond acceptors (Lipinski definition) is 4. The van der Waals surface area contributed by atoms with Gasteiger partial charge in [0.1, 0.15) is 0 Å². The van der Waals surface area contributed by atoms with E-state index in [4.69, 9.17) is 0 Å². The quantitative estimate of drug-likeness (QED) is 0.792. The van der Waals surface area contributed by atoms with E-state index >= 15 is 0 Å². The van der Waals surface area contributed by atoms with Crippen LogP contribution in [0.2, 0.25) is 0 Å². The smallest absolute Gasteiger partial charge is 0.288 e. The van der Waals surface area contributed by atoms with Gasteiger partial charge < -0.3 is 10.6 Å². The highest BCUT2D eigenvalue weighted by Crippen LogP contribution is 2.33. The molecular weight excluding hydrogens is 354 g/mol. The monoisotopic (exact) mass is 366 g/mol. The van der Waals surface area contributed by atoms with Gasteiger partial charge in [-0.3, -0.25) is 9.59 Å². The fourth-order valence-electron chi connectivity index (χ4n) is 2.15. The minimum atomic E-state index is -2.49. The Hall–Kier alpha value is -2.06. The maximum atomic E-state index is 12.3. The lowest BCUT2D eigenvalue weighted by atomic mass is 10.2. The molecule has 0 unspecified atom stereocenters. The van der Waals surface area contributed by atoms with Crippen LogP contribution in [0, 0.1) is 0 Å². The average Bonchev–Trinajstić information content (AvgIpc) is 2.54. The van der Waals surface area contributed by atoms with Gasteiger partial charge in [-0.15, -0.1) is 11.8 Å². The molecule has 1 aliphatic rings. The largest absolute Gasteiger partial charge is 0.324 e. The van der Waals surface area contributed by atoms with Gasteiger partial charge in [0.15, 0.2) is 0 Å². The molecule has 0 fully saturated rings. The van der Waals surface area contributed by atoms with E-state index in [-0.39, 0.29) is 11.8 Å². The maximum Gasteiger partial charge on any atom is 0.288 e. The molecule has 4 nitrogen and oxygen atoms in total. The van der Waals surface area contributed by atoms with Gasteiger partial charge in [0.25, 0.3) is 11.7 Å². The molecule has 2 aromatic carbocycles. The Morgan fingerprint density at radius 2 is 1.96 bits per heavy atom. The van der Waals surface area contributed by atoms with Crippen molar-refractivity contribution in [2.75, 3.05) is 16.4 Å². The Kier molecular flexibility index (Phi) is 5.06. The Bertz CT molecular complexity index is 782. The number of carbonyl (C=O) groups is 2. The lowest BCUT2D eigenvalue weighted by Gasteiger charge is -2.17. The number of nitrogens with one attached hydrogen (secondary N) is 2. The Labute approximate surface area is 145 Å². The van der Waals surface area contributed by atoms with Crippen LogP contribution in [0.15, 0.2) is 52.3 Å². The first-order chi connectivity index (χ1) is 11.5. The molecule has 0 radical (unpaired) electrons. The lowest BCUT2D eigenvalue weighted by Crippen LogP contribution is -2.19. The summed E-state index contributed by atoms with van der Waals surface area (Å²) in [5.74, 6) is -2.54. The summed E-state index contributed by atoms with van der Waals surface area (Å²) in [6, 6.07) is 11.2. The van der Waals surface area contributed by atoms with Crippen LogP contribution in [0.1, 0.15) is 10.4 Å². The Balaban J connectivity index is 1.70. The number of rotatable bonds is 4. The van der Waals surface area contributed by atoms with Gasteiger partial charge in [0, 0.05) is 21.0 Å². The normalized spacial score (nSPS) is 13.4. The molecule has 0 spiro atoms. The van der Waals surface area contributed by atoms with Crippen molar-refractivity contribution in [3.8, 4) is 0 Å². The number of hydrogen-bond donors (Lipinski definition) is 2. The second-order valence-electron chi connectivity index (χ2n) is 4.90. The average molecular weight is 366 g/mol. The van der Waals surface area contributed by atoms with Gasteiger partial charge in [-0.05, 0) is 42.5 Å². The summed E-state index contributed by atoms with van der Waals surface area (Å²) in [5.41, 5.74) is 1.58. The molecule has 2 amide bonds. The predicted molar refractivity (Wildman–Crippen MR) is 92.1 cm³/mol. The highest BCUT2D eigenvalue weighted by Gasteiger charge is 2.16. The summed E-state index contributed by atoms with van der Waals surface area (Å²) >= 11 is 1.87. The molecule has 2 N–H and O–H groups in total. The van der Waals surface area contributed by atoms with E-state index in [1.807, 2.05) is 6.07 Å². The minimum absolute atomic E-state index is 0.0805. The van der Waals surface area contributed by atoms with Gasteiger partial charge >= 0.3 is 0 Å². The minimum Gasteiger partial charge on any atom is -0.324 e. The molecule has 3 rings (SSSR count). The number of thioether (sulfide) groups is 2. The van der Waals surface area contributed by atoms with E-state index in [1.165, 1.54) is 36.0 Å². The van der Waals surface area contributed by atoms with Crippen LogP contribution in [0.25, 0.3) is 0 Å². The van der Waals surface area contributed by atoms with Gasteiger partial charge in [-0.2, -0.15) is 8.78 Å². The molecule has 8 heteroatoms. The maximum absolute atomic E-state index is 12.3. The van der Waals surface area contributed by atoms with Gasteiger partial charge in [-0.25, -0.2) is 0 Å². The standard InChI is InChI=1S/C16H12F2N2O2S2/c17-16(18)24-11-4-1-9(2-5-11)15(22)19-10-3-6-13-12(7-10)20-14(21)8-23-13/h1-7,16H,8H2,(H,19,22)(H,20,21). The van der Waals surface area contributed by atoms with Crippen molar-refractivity contribution in [3.63, 3.8) is 0 Å². The summed E-state index contributed by atoms with van der Waals surface area (Å²) in [6.07, 6.45) is 0. The number of carbonyl (C=O) groups excluding carboxylic acids is 2. The SMILES string of the molecule is O=C1CSc2ccc(NC(=O)c3ccc(SC(F)F)cc3)cc2N1. The van der Waals surface area contributed by atoms with Crippen LogP contribution in [-0.2, 0) is 4.79 Å². The summed E-state index contributed by atoms with van der Waals surface area (Å²) in [4.78, 5) is 25.0. The van der Waals surface area contributed by atoms with Crippen LogP contribution >= 0.6 is 23.5 Å². The molecule has 0 aliphatic carbocycles. The summed E-state index contributed by atoms with van der Waals surface area (Å²) in [6.45, 7) is 0. The number of fused-ring (bicyclic) bond motifs is 1. The van der Waals surface area contributed by atoms with E-state index in [0.717, 1.165) is 4.90 Å². The van der Waals surface area contributed by atoms with Crippen molar-refractivity contribution in [2.24, 2.45) is 0 Å². The Morgan fingerprint density at radius 3 is 2.67 bits per heavy atom. The van der Waals surface area contributed by atoms with Crippen molar-refractivity contribution < 1.29 is 18.4 Å². The van der Waals surface area contributed by atoms with Gasteiger partial charge in [0.2, 0.25) is 5.91 Å². The highest BCUT2D eigenvalue weighted by atomic mass is 32.2. The first-order valence-electron chi connectivity index (χ1n) is 6.94. The third-order valence-electron chi connectivity index (χ3n) is 3.21. The number of alkyl halides is 2. The van der Waals surface area contributed by atoms with Crippen molar-refractivity contribution in [1.82, 2.24) is 0 Å². The molecular formula is C16H12F2N2O2S2. The van der Waals surface area contributed by atoms with E-state index in [2.05, 4.69) is 10.6 Å². The van der Waals surface area contributed by atoms with Gasteiger partial charge in [0.05, 0.1) is 11.4 Å². The summed E-state index contributed by atoms with van der Waals surface area (Å²) in [5, 5.41) is 5.48. The first kappa shape index (κ1) is 16.8. The van der Waals surface area contributed by atoms with E-state index in [1.54, 1.807) is 12.1 Å². The van der Waals surface area contributed by atoms with Crippen LogP contribution in [0.5, 0.6) is 0 Å². The third kappa shape index (κ3) is 4.07. The number of anilines is 2. The van der Waals surface area contributed by atoms with Crippen LogP contribution in [-0.4, -0.2) is 23.3 Å². The summed E-state index contributed by atoms with van der Waals surface area (Å²) < 4.78 is 24.6. The number of amides is 2. The van der Waals surface area contributed by atoms with E-state index < -0.39 is 5.76 Å². The number of benzene rings is 2. The van der Waals surface area contributed by atoms with Crippen LogP contribution < -0.4 is 10.6 Å². The fourth-order valence-corrected chi connectivity index (χ4v) is 3.44. The summed E-state index contributed by atoms with van der Waals surface area (Å²) in [7, 11) is 0. The van der Waals surface area contributed by atoms with Gasteiger partial charge in [-0.1, -0.05) is 11.8 Å². The molecule has 124 valence electrons. The lowest BCUT2D eigenvalue weighted by molar-refractivity contribution is -0.113. The van der Waals surface area contributed by atoms with Crippen molar-refractivity contribution >= 4 is 46.7 Å². The first-order valence-corrected chi connectivity index (χ1v) is 8.81. The zero-order valence-electron chi connectivity index (χ0n) is 12.2. The van der Waals surface area contributed by atoms with Crippen LogP contribution in [0.4, 0.5) is 20.2 Å². The zero-order valence-corrected chi connectivity index (χ0v) is 13.8. The highest BCUT2D eigenvalue weighted by molar-refractivity contribution is 8.00. The molecule has 0 saturated heterocycles. The topological polar surface area (TPSA) is 58.2 Å². The fraction of sp³-hybridized carbons (Fsp3) is 0.125. The zero-order chi connectivity index (χ0) is 17.1.